The van der Waals surface area contributed by atoms with Crippen LogP contribution < -0.4 is 0 Å². The molecule has 0 saturated heterocycles. The molecule has 2 nitrogen and oxygen atoms in total. The molecule has 0 bridgehead atoms. The Morgan fingerprint density at radius 3 is 2.79 bits per heavy atom. The van der Waals surface area contributed by atoms with Crippen LogP contribution in [0.15, 0.2) is 11.8 Å². The maximum absolute atomic E-state index is 10.6. The largest absolute Gasteiger partial charge is 0.495 e. The van der Waals surface area contributed by atoms with E-state index in [1.165, 1.54) is 0 Å². The molecule has 1 saturated carbocycles. The lowest BCUT2D eigenvalue weighted by Crippen LogP contribution is -2.36. The Hall–Kier alpha value is -0.500. The summed E-state index contributed by atoms with van der Waals surface area (Å²) in [6.45, 7) is 5.02. The van der Waals surface area contributed by atoms with Gasteiger partial charge in [-0.05, 0) is 43.6 Å². The van der Waals surface area contributed by atoms with Crippen molar-refractivity contribution in [3.05, 3.63) is 11.8 Å². The highest BCUT2D eigenvalue weighted by atomic mass is 16.5. The van der Waals surface area contributed by atoms with E-state index in [1.54, 1.807) is 0 Å². The second kappa shape index (κ2) is 3.58. The van der Waals surface area contributed by atoms with Crippen molar-refractivity contribution >= 4 is 0 Å². The Bertz CT molecular complexity index is 247. The molecule has 80 valence electrons. The average Bonchev–Trinajstić information content (AvgIpc) is 2.96. The molecule has 0 amide bonds. The van der Waals surface area contributed by atoms with Crippen LogP contribution in [0.1, 0.15) is 39.5 Å². The van der Waals surface area contributed by atoms with E-state index in [4.69, 9.17) is 4.74 Å². The van der Waals surface area contributed by atoms with Crippen LogP contribution in [0.5, 0.6) is 0 Å². The first-order valence-corrected chi connectivity index (χ1v) is 5.74. The van der Waals surface area contributed by atoms with Crippen molar-refractivity contribution < 1.29 is 9.84 Å². The summed E-state index contributed by atoms with van der Waals surface area (Å²) in [6, 6.07) is 0. The van der Waals surface area contributed by atoms with Gasteiger partial charge in [0.05, 0.1) is 6.61 Å². The summed E-state index contributed by atoms with van der Waals surface area (Å²) >= 11 is 0. The first-order chi connectivity index (χ1) is 6.68. The molecule has 0 aromatic heterocycles. The van der Waals surface area contributed by atoms with E-state index < -0.39 is 5.60 Å². The van der Waals surface area contributed by atoms with Crippen molar-refractivity contribution in [1.82, 2.24) is 0 Å². The highest BCUT2D eigenvalue weighted by Gasteiger charge is 2.51. The Kier molecular flexibility index (Phi) is 2.56. The van der Waals surface area contributed by atoms with Crippen LogP contribution in [0, 0.1) is 11.8 Å². The minimum absolute atomic E-state index is 0.428. The molecule has 2 rings (SSSR count). The zero-order valence-corrected chi connectivity index (χ0v) is 9.12. The van der Waals surface area contributed by atoms with Crippen molar-refractivity contribution in [3.8, 4) is 0 Å². The van der Waals surface area contributed by atoms with Crippen molar-refractivity contribution in [2.24, 2.45) is 11.8 Å². The highest BCUT2D eigenvalue weighted by molar-refractivity contribution is 5.18. The number of allylic oxidation sites excluding steroid dienone is 1. The minimum Gasteiger partial charge on any atom is -0.495 e. The highest BCUT2D eigenvalue weighted by Crippen LogP contribution is 2.51. The van der Waals surface area contributed by atoms with Crippen LogP contribution in [-0.4, -0.2) is 17.3 Å². The lowest BCUT2D eigenvalue weighted by Gasteiger charge is -2.32. The topological polar surface area (TPSA) is 29.5 Å². The normalized spacial score (nSPS) is 35.5. The maximum Gasteiger partial charge on any atom is 0.124 e. The second-order valence-corrected chi connectivity index (χ2v) is 4.66. The van der Waals surface area contributed by atoms with Crippen LogP contribution in [0.3, 0.4) is 0 Å². The summed E-state index contributed by atoms with van der Waals surface area (Å²) in [7, 11) is 0. The fraction of sp³-hybridized carbons (Fsp3) is 0.833. The van der Waals surface area contributed by atoms with Crippen LogP contribution in [-0.2, 0) is 4.74 Å². The first-order valence-electron chi connectivity index (χ1n) is 5.74. The fourth-order valence-corrected chi connectivity index (χ4v) is 2.47. The lowest BCUT2D eigenvalue weighted by atomic mass is 9.89. The van der Waals surface area contributed by atoms with Gasteiger partial charge < -0.3 is 9.84 Å². The zero-order chi connectivity index (χ0) is 10.2. The van der Waals surface area contributed by atoms with Gasteiger partial charge in [0.25, 0.3) is 0 Å². The van der Waals surface area contributed by atoms with E-state index >= 15 is 0 Å². The lowest BCUT2D eigenvalue weighted by molar-refractivity contribution is -0.0188. The van der Waals surface area contributed by atoms with E-state index in [0.29, 0.717) is 11.8 Å². The molecular weight excluding hydrogens is 176 g/mol. The summed E-state index contributed by atoms with van der Waals surface area (Å²) in [5, 5.41) is 10.6. The summed E-state index contributed by atoms with van der Waals surface area (Å²) < 4.78 is 5.59. The second-order valence-electron chi connectivity index (χ2n) is 4.66. The quantitative estimate of drug-likeness (QED) is 0.751. The third-order valence-electron chi connectivity index (χ3n) is 3.62. The van der Waals surface area contributed by atoms with E-state index in [2.05, 4.69) is 13.0 Å². The smallest absolute Gasteiger partial charge is 0.124 e. The molecule has 0 spiro atoms. The zero-order valence-electron chi connectivity index (χ0n) is 9.12. The molecule has 0 aromatic carbocycles. The summed E-state index contributed by atoms with van der Waals surface area (Å²) in [5.41, 5.74) is -0.667. The van der Waals surface area contributed by atoms with Gasteiger partial charge in [-0.2, -0.15) is 0 Å². The fourth-order valence-electron chi connectivity index (χ4n) is 2.47. The molecule has 2 heteroatoms. The monoisotopic (exact) mass is 196 g/mol. The summed E-state index contributed by atoms with van der Waals surface area (Å²) in [5.74, 6) is 1.93. The van der Waals surface area contributed by atoms with Crippen molar-refractivity contribution in [3.63, 3.8) is 0 Å². The van der Waals surface area contributed by atoms with Gasteiger partial charge in [0.15, 0.2) is 0 Å². The third kappa shape index (κ3) is 1.56. The van der Waals surface area contributed by atoms with Crippen LogP contribution >= 0.6 is 0 Å². The molecule has 1 aliphatic heterocycles. The van der Waals surface area contributed by atoms with E-state index in [0.717, 1.165) is 38.0 Å². The van der Waals surface area contributed by atoms with Crippen molar-refractivity contribution in [2.75, 3.05) is 6.61 Å². The molecule has 1 fully saturated rings. The van der Waals surface area contributed by atoms with Gasteiger partial charge in [0.1, 0.15) is 11.4 Å². The van der Waals surface area contributed by atoms with Crippen LogP contribution in [0.25, 0.3) is 0 Å². The van der Waals surface area contributed by atoms with Gasteiger partial charge in [-0.1, -0.05) is 13.8 Å². The SMILES string of the molecule is CCC(O)(C1=CCCCO1)C1CC1C. The average molecular weight is 196 g/mol. The number of ether oxygens (including phenoxy) is 1. The molecule has 1 N–H and O–H groups in total. The van der Waals surface area contributed by atoms with E-state index in [9.17, 15) is 5.11 Å². The molecule has 14 heavy (non-hydrogen) atoms. The number of hydrogen-bond donors (Lipinski definition) is 1. The molecular formula is C12H20O2. The molecule has 3 atom stereocenters. The Morgan fingerprint density at radius 2 is 2.36 bits per heavy atom. The van der Waals surface area contributed by atoms with Gasteiger partial charge in [-0.3, -0.25) is 0 Å². The molecule has 2 aliphatic rings. The van der Waals surface area contributed by atoms with Crippen molar-refractivity contribution in [2.45, 2.75) is 45.1 Å². The number of hydrogen-bond acceptors (Lipinski definition) is 2. The van der Waals surface area contributed by atoms with E-state index in [1.807, 2.05) is 6.92 Å². The summed E-state index contributed by atoms with van der Waals surface area (Å²) in [4.78, 5) is 0. The van der Waals surface area contributed by atoms with Gasteiger partial charge in [-0.15, -0.1) is 0 Å². The van der Waals surface area contributed by atoms with Gasteiger partial charge in [-0.25, -0.2) is 0 Å². The van der Waals surface area contributed by atoms with Crippen molar-refractivity contribution in [1.29, 1.82) is 0 Å². The number of rotatable bonds is 3. The van der Waals surface area contributed by atoms with Crippen LogP contribution in [0.4, 0.5) is 0 Å². The Labute approximate surface area is 86.0 Å². The molecule has 0 aromatic rings. The standard InChI is InChI=1S/C12H20O2/c1-3-12(13,10-8-9(10)2)11-6-4-5-7-14-11/h6,9-10,13H,3-5,7-8H2,1-2H3. The summed E-state index contributed by atoms with van der Waals surface area (Å²) in [6.07, 6.45) is 6.14. The molecule has 1 aliphatic carbocycles. The predicted molar refractivity (Wildman–Crippen MR) is 55.8 cm³/mol. The molecule has 0 radical (unpaired) electrons. The van der Waals surface area contributed by atoms with E-state index in [-0.39, 0.29) is 0 Å². The Balaban J connectivity index is 2.14. The maximum atomic E-state index is 10.6. The van der Waals surface area contributed by atoms with Crippen LogP contribution in [0.2, 0.25) is 0 Å². The first kappa shape index (κ1) is 10.0. The predicted octanol–water partition coefficient (Wildman–Crippen LogP) is 2.48. The van der Waals surface area contributed by atoms with Gasteiger partial charge >= 0.3 is 0 Å². The Morgan fingerprint density at radius 1 is 1.64 bits per heavy atom. The van der Waals surface area contributed by atoms with Gasteiger partial charge in [0, 0.05) is 0 Å². The molecule has 1 heterocycles. The minimum atomic E-state index is -0.667. The number of aliphatic hydroxyl groups is 1. The van der Waals surface area contributed by atoms with Gasteiger partial charge in [0.2, 0.25) is 0 Å². The molecule has 3 unspecified atom stereocenters. The third-order valence-corrected chi connectivity index (χ3v) is 3.62.